The van der Waals surface area contributed by atoms with Crippen LogP contribution in [0.25, 0.3) is 0 Å². The number of aliphatic hydroxyl groups is 1. The summed E-state index contributed by atoms with van der Waals surface area (Å²) in [4.78, 5) is 0. The van der Waals surface area contributed by atoms with Gasteiger partial charge in [0.2, 0.25) is 0 Å². The van der Waals surface area contributed by atoms with Crippen LogP contribution in [0.1, 0.15) is 25.3 Å². The molecule has 1 saturated heterocycles. The number of ether oxygens (including phenoxy) is 2. The number of rotatable bonds is 5. The minimum atomic E-state index is 0.154. The van der Waals surface area contributed by atoms with E-state index in [1.165, 1.54) is 0 Å². The maximum Gasteiger partial charge on any atom is 0.119 e. The highest BCUT2D eigenvalue weighted by Gasteiger charge is 2.34. The predicted molar refractivity (Wildman–Crippen MR) is 66.4 cm³/mol. The van der Waals surface area contributed by atoms with E-state index >= 15 is 0 Å². The Morgan fingerprint density at radius 3 is 2.82 bits per heavy atom. The van der Waals surface area contributed by atoms with Crippen molar-refractivity contribution in [3.05, 3.63) is 29.8 Å². The van der Waals surface area contributed by atoms with Crippen LogP contribution >= 0.6 is 0 Å². The molecule has 1 aliphatic rings. The van der Waals surface area contributed by atoms with E-state index in [4.69, 9.17) is 14.6 Å². The van der Waals surface area contributed by atoms with Crippen LogP contribution in [0.2, 0.25) is 0 Å². The van der Waals surface area contributed by atoms with E-state index in [0.29, 0.717) is 6.61 Å². The normalized spacial score (nSPS) is 19.5. The van der Waals surface area contributed by atoms with Crippen molar-refractivity contribution in [2.45, 2.75) is 19.8 Å². The molecule has 1 aromatic carbocycles. The molecule has 1 atom stereocenters. The molecule has 0 amide bonds. The molecular formula is C14H20O3. The summed E-state index contributed by atoms with van der Waals surface area (Å²) in [5, 5.41) is 9.13. The Labute approximate surface area is 102 Å². The number of aliphatic hydroxyl groups excluding tert-OH is 1. The molecule has 0 radical (unpaired) electrons. The number of hydrogen-bond donors (Lipinski definition) is 1. The summed E-state index contributed by atoms with van der Waals surface area (Å²) in [5.41, 5.74) is 1.28. The Morgan fingerprint density at radius 1 is 1.47 bits per heavy atom. The minimum Gasteiger partial charge on any atom is -0.493 e. The van der Waals surface area contributed by atoms with Gasteiger partial charge in [-0.1, -0.05) is 26.0 Å². The van der Waals surface area contributed by atoms with Gasteiger partial charge in [0.25, 0.3) is 0 Å². The Hall–Kier alpha value is -1.06. The molecule has 0 spiro atoms. The highest BCUT2D eigenvalue weighted by molar-refractivity contribution is 5.30. The summed E-state index contributed by atoms with van der Waals surface area (Å²) < 4.78 is 11.0. The van der Waals surface area contributed by atoms with Crippen molar-refractivity contribution in [2.75, 3.05) is 26.4 Å². The molecule has 1 aromatic rings. The van der Waals surface area contributed by atoms with E-state index in [0.717, 1.165) is 24.5 Å². The lowest BCUT2D eigenvalue weighted by atomic mass is 9.90. The van der Waals surface area contributed by atoms with E-state index in [-0.39, 0.29) is 17.9 Å². The highest BCUT2D eigenvalue weighted by Crippen LogP contribution is 2.28. The maximum atomic E-state index is 9.13. The summed E-state index contributed by atoms with van der Waals surface area (Å²) in [6.07, 6.45) is 0. The van der Waals surface area contributed by atoms with Crippen LogP contribution in [-0.4, -0.2) is 31.5 Å². The van der Waals surface area contributed by atoms with Crippen LogP contribution < -0.4 is 4.74 Å². The van der Waals surface area contributed by atoms with Crippen LogP contribution in [0, 0.1) is 5.41 Å². The van der Waals surface area contributed by atoms with Gasteiger partial charge in [0.15, 0.2) is 0 Å². The molecule has 1 fully saturated rings. The van der Waals surface area contributed by atoms with Crippen molar-refractivity contribution >= 4 is 0 Å². The molecule has 0 bridgehead atoms. The van der Waals surface area contributed by atoms with E-state index in [1.54, 1.807) is 0 Å². The first-order chi connectivity index (χ1) is 8.13. The molecule has 0 aliphatic carbocycles. The molecule has 1 heterocycles. The van der Waals surface area contributed by atoms with Crippen molar-refractivity contribution in [2.24, 2.45) is 5.41 Å². The minimum absolute atomic E-state index is 0.154. The zero-order valence-electron chi connectivity index (χ0n) is 10.5. The Kier molecular flexibility index (Phi) is 3.69. The van der Waals surface area contributed by atoms with Gasteiger partial charge in [-0.25, -0.2) is 0 Å². The molecule has 3 nitrogen and oxygen atoms in total. The molecule has 0 aromatic heterocycles. The summed E-state index contributed by atoms with van der Waals surface area (Å²) in [7, 11) is 0. The van der Waals surface area contributed by atoms with E-state index in [9.17, 15) is 0 Å². The Bertz CT molecular complexity index is 371. The number of hydrogen-bond acceptors (Lipinski definition) is 3. The molecule has 94 valence electrons. The molecule has 0 saturated carbocycles. The van der Waals surface area contributed by atoms with Gasteiger partial charge in [-0.3, -0.25) is 0 Å². The fourth-order valence-electron chi connectivity index (χ4n) is 1.81. The molecule has 1 aliphatic heterocycles. The molecule has 1 N–H and O–H groups in total. The lowest BCUT2D eigenvalue weighted by molar-refractivity contribution is -0.120. The largest absolute Gasteiger partial charge is 0.493 e. The van der Waals surface area contributed by atoms with Gasteiger partial charge in [-0.05, 0) is 17.7 Å². The molecule has 1 unspecified atom stereocenters. The number of benzene rings is 1. The van der Waals surface area contributed by atoms with Crippen molar-refractivity contribution in [3.63, 3.8) is 0 Å². The first-order valence-corrected chi connectivity index (χ1v) is 6.04. The Balaban J connectivity index is 1.96. The molecule has 17 heavy (non-hydrogen) atoms. The zero-order valence-corrected chi connectivity index (χ0v) is 10.5. The lowest BCUT2D eigenvalue weighted by Crippen LogP contribution is -2.44. The second-order valence-corrected chi connectivity index (χ2v) is 5.25. The van der Waals surface area contributed by atoms with Crippen LogP contribution in [0.3, 0.4) is 0 Å². The fraction of sp³-hybridized carbons (Fsp3) is 0.571. The topological polar surface area (TPSA) is 38.7 Å². The van der Waals surface area contributed by atoms with Gasteiger partial charge >= 0.3 is 0 Å². The summed E-state index contributed by atoms with van der Waals surface area (Å²) >= 11 is 0. The van der Waals surface area contributed by atoms with Crippen LogP contribution in [0.5, 0.6) is 5.75 Å². The molecular weight excluding hydrogens is 216 g/mol. The quantitative estimate of drug-likeness (QED) is 0.851. The third-order valence-corrected chi connectivity index (χ3v) is 3.19. The standard InChI is InChI=1S/C14H20O3/c1-11(7-15)12-4-3-5-13(6-12)17-10-14(2)8-16-9-14/h3-6,11,15H,7-10H2,1-2H3. The smallest absolute Gasteiger partial charge is 0.119 e. The third kappa shape index (κ3) is 2.99. The monoisotopic (exact) mass is 236 g/mol. The van der Waals surface area contributed by atoms with E-state index < -0.39 is 0 Å². The van der Waals surface area contributed by atoms with Crippen LogP contribution in [-0.2, 0) is 4.74 Å². The average Bonchev–Trinajstić information content (AvgIpc) is 2.33. The van der Waals surface area contributed by atoms with Crippen molar-refractivity contribution in [1.29, 1.82) is 0 Å². The predicted octanol–water partition coefficient (Wildman–Crippen LogP) is 2.20. The maximum absolute atomic E-state index is 9.13. The first kappa shape index (κ1) is 12.4. The van der Waals surface area contributed by atoms with Gasteiger partial charge in [-0.15, -0.1) is 0 Å². The van der Waals surface area contributed by atoms with Gasteiger partial charge < -0.3 is 14.6 Å². The van der Waals surface area contributed by atoms with E-state index in [1.807, 2.05) is 31.2 Å². The van der Waals surface area contributed by atoms with Gasteiger partial charge in [0, 0.05) is 17.9 Å². The third-order valence-electron chi connectivity index (χ3n) is 3.19. The van der Waals surface area contributed by atoms with Crippen LogP contribution in [0.4, 0.5) is 0 Å². The van der Waals surface area contributed by atoms with Gasteiger partial charge in [0.05, 0.1) is 19.8 Å². The zero-order chi connectivity index (χ0) is 12.3. The summed E-state index contributed by atoms with van der Waals surface area (Å²) in [5.74, 6) is 1.03. The Morgan fingerprint density at radius 2 is 2.24 bits per heavy atom. The SMILES string of the molecule is CC(CO)c1cccc(OCC2(C)COC2)c1. The summed E-state index contributed by atoms with van der Waals surface area (Å²) in [6, 6.07) is 7.94. The second-order valence-electron chi connectivity index (χ2n) is 5.25. The van der Waals surface area contributed by atoms with Crippen molar-refractivity contribution in [1.82, 2.24) is 0 Å². The molecule has 2 rings (SSSR count). The van der Waals surface area contributed by atoms with Gasteiger partial charge in [-0.2, -0.15) is 0 Å². The van der Waals surface area contributed by atoms with Crippen molar-refractivity contribution in [3.8, 4) is 5.75 Å². The lowest BCUT2D eigenvalue weighted by Gasteiger charge is -2.37. The average molecular weight is 236 g/mol. The summed E-state index contributed by atoms with van der Waals surface area (Å²) in [6.45, 7) is 6.56. The van der Waals surface area contributed by atoms with E-state index in [2.05, 4.69) is 6.92 Å². The first-order valence-electron chi connectivity index (χ1n) is 6.04. The highest BCUT2D eigenvalue weighted by atomic mass is 16.5. The van der Waals surface area contributed by atoms with Crippen molar-refractivity contribution < 1.29 is 14.6 Å². The molecule has 3 heteroatoms. The second kappa shape index (κ2) is 5.07. The van der Waals surface area contributed by atoms with Gasteiger partial charge in [0.1, 0.15) is 5.75 Å². The van der Waals surface area contributed by atoms with Crippen LogP contribution in [0.15, 0.2) is 24.3 Å². The fourth-order valence-corrected chi connectivity index (χ4v) is 1.81.